The average Bonchev–Trinajstić information content (AvgIpc) is 2.97. The third-order valence-electron chi connectivity index (χ3n) is 7.62. The van der Waals surface area contributed by atoms with Crippen molar-refractivity contribution in [3.05, 3.63) is 57.1 Å². The van der Waals surface area contributed by atoms with E-state index in [2.05, 4.69) is 0 Å². The largest absolute Gasteiger partial charge is 1.00 e. The molecule has 2 N–H and O–H groups in total. The molecule has 0 bridgehead atoms. The van der Waals surface area contributed by atoms with Crippen molar-refractivity contribution >= 4 is 16.7 Å². The third-order valence-corrected chi connectivity index (χ3v) is 7.62. The van der Waals surface area contributed by atoms with Crippen LogP contribution in [0.5, 0.6) is 23.0 Å². The Kier molecular flexibility index (Phi) is 13.6. The van der Waals surface area contributed by atoms with Crippen molar-refractivity contribution in [1.82, 2.24) is 9.36 Å². The van der Waals surface area contributed by atoms with Crippen LogP contribution in [-0.4, -0.2) is 75.9 Å². The number of hydrogen-bond acceptors (Lipinski definition) is 7. The van der Waals surface area contributed by atoms with Gasteiger partial charge in [-0.1, -0.05) is 12.1 Å². The van der Waals surface area contributed by atoms with Gasteiger partial charge in [0.1, 0.15) is 31.9 Å². The molecule has 2 heterocycles. The number of quaternary nitrogens is 2. The highest BCUT2D eigenvalue weighted by Gasteiger charge is 2.23. The van der Waals surface area contributed by atoms with Gasteiger partial charge in [0, 0.05) is 38.6 Å². The highest BCUT2D eigenvalue weighted by molar-refractivity contribution is 5.80. The molecule has 0 spiro atoms. The number of nitrogens with one attached hydrogen (secondary N) is 2. The minimum absolute atomic E-state index is 0. The zero-order chi connectivity index (χ0) is 28.6. The number of hydrogen-bond donors (Lipinski definition) is 2. The number of fused-ring (bicyclic) bond motifs is 1. The van der Waals surface area contributed by atoms with E-state index in [4.69, 9.17) is 18.9 Å². The highest BCUT2D eigenvalue weighted by atomic mass is 35.5. The Morgan fingerprint density at radius 2 is 1.33 bits per heavy atom. The molecule has 13 heteroatoms. The standard InChI is InChI=1S/C29H38N4O7.2ClH/c1-30-28(35)22-9-5-6-10-23(22)29(36)33(30)14-8-13-32-17-15-31(16-18-32)12-7-11-26(34)40-21-19-24(37-2)27(39-4)25(20-21)38-3;;/h5-6,9-10,19-20H,7-8,11-18H2,1-4H3;2*1H. The average molecular weight is 628 g/mol. The summed E-state index contributed by atoms with van der Waals surface area (Å²) in [4.78, 5) is 41.0. The number of rotatable bonds is 12. The van der Waals surface area contributed by atoms with Gasteiger partial charge in [0.05, 0.1) is 51.6 Å². The van der Waals surface area contributed by atoms with Crippen molar-refractivity contribution in [2.45, 2.75) is 25.8 Å². The lowest BCUT2D eigenvalue weighted by Crippen LogP contribution is -3.28. The van der Waals surface area contributed by atoms with E-state index in [-0.39, 0.29) is 41.9 Å². The number of aromatic nitrogens is 2. The van der Waals surface area contributed by atoms with Crippen LogP contribution < -0.4 is 64.7 Å². The van der Waals surface area contributed by atoms with E-state index >= 15 is 0 Å². The molecule has 3 aromatic rings. The molecule has 0 amide bonds. The first kappa shape index (κ1) is 34.9. The maximum absolute atomic E-state index is 12.9. The van der Waals surface area contributed by atoms with Gasteiger partial charge in [-0.25, -0.2) is 4.68 Å². The second-order valence-corrected chi connectivity index (χ2v) is 10.1. The van der Waals surface area contributed by atoms with Crippen LogP contribution in [0.2, 0.25) is 0 Å². The fourth-order valence-electron chi connectivity index (χ4n) is 5.38. The fraction of sp³-hybridized carbons (Fsp3) is 0.483. The van der Waals surface area contributed by atoms with Gasteiger partial charge in [-0.05, 0) is 12.1 Å². The molecule has 232 valence electrons. The van der Waals surface area contributed by atoms with Crippen molar-refractivity contribution in [2.24, 2.45) is 7.05 Å². The molecule has 4 rings (SSSR count). The van der Waals surface area contributed by atoms with Crippen LogP contribution in [0.15, 0.2) is 46.0 Å². The molecule has 0 unspecified atom stereocenters. The SMILES string of the molecule is COc1cc(OC(=O)CCC[NH+]2CC[NH+](CCCn3c(=O)c4ccccc4c(=O)n3C)CC2)cc(OC)c1OC.[Cl-].[Cl-]. The fourth-order valence-corrected chi connectivity index (χ4v) is 5.38. The smallest absolute Gasteiger partial charge is 0.311 e. The summed E-state index contributed by atoms with van der Waals surface area (Å²) in [5.41, 5.74) is -0.266. The molecular formula is C29H40Cl2N4O7. The van der Waals surface area contributed by atoms with Gasteiger partial charge in [-0.3, -0.25) is 19.1 Å². The molecule has 2 aromatic carbocycles. The summed E-state index contributed by atoms with van der Waals surface area (Å²) in [5.74, 6) is 1.37. The van der Waals surface area contributed by atoms with E-state index < -0.39 is 0 Å². The summed E-state index contributed by atoms with van der Waals surface area (Å²) in [6.07, 6.45) is 1.89. The lowest BCUT2D eigenvalue weighted by molar-refractivity contribution is -1.01. The topological polar surface area (TPSA) is 107 Å². The summed E-state index contributed by atoms with van der Waals surface area (Å²) in [6, 6.07) is 10.2. The first-order valence-corrected chi connectivity index (χ1v) is 13.7. The van der Waals surface area contributed by atoms with Gasteiger partial charge >= 0.3 is 5.97 Å². The number of carbonyl (C=O) groups is 1. The van der Waals surface area contributed by atoms with E-state index in [0.717, 1.165) is 52.1 Å². The number of ether oxygens (including phenoxy) is 4. The maximum atomic E-state index is 12.9. The summed E-state index contributed by atoms with van der Waals surface area (Å²) in [6.45, 7) is 6.52. The number of esters is 1. The Morgan fingerprint density at radius 1 is 0.810 bits per heavy atom. The molecular weight excluding hydrogens is 587 g/mol. The van der Waals surface area contributed by atoms with Crippen molar-refractivity contribution < 1.29 is 58.4 Å². The van der Waals surface area contributed by atoms with Gasteiger partial charge in [-0.15, -0.1) is 0 Å². The van der Waals surface area contributed by atoms with Crippen LogP contribution in [-0.2, 0) is 18.4 Å². The van der Waals surface area contributed by atoms with E-state index in [1.807, 2.05) is 0 Å². The zero-order valence-electron chi connectivity index (χ0n) is 24.5. The van der Waals surface area contributed by atoms with Crippen molar-refractivity contribution in [3.63, 3.8) is 0 Å². The summed E-state index contributed by atoms with van der Waals surface area (Å²) < 4.78 is 24.5. The zero-order valence-corrected chi connectivity index (χ0v) is 26.1. The van der Waals surface area contributed by atoms with Crippen molar-refractivity contribution in [1.29, 1.82) is 0 Å². The normalized spacial score (nSPS) is 16.2. The van der Waals surface area contributed by atoms with E-state index in [1.54, 1.807) is 48.1 Å². The highest BCUT2D eigenvalue weighted by Crippen LogP contribution is 2.40. The van der Waals surface area contributed by atoms with Crippen LogP contribution >= 0.6 is 0 Å². The number of halogens is 2. The Bertz CT molecular complexity index is 1430. The van der Waals surface area contributed by atoms with E-state index in [9.17, 15) is 14.4 Å². The van der Waals surface area contributed by atoms with Crippen molar-refractivity contribution in [3.8, 4) is 23.0 Å². The summed E-state index contributed by atoms with van der Waals surface area (Å²) >= 11 is 0. The van der Waals surface area contributed by atoms with Gasteiger partial charge in [0.15, 0.2) is 11.5 Å². The minimum atomic E-state index is -0.295. The number of benzene rings is 2. The van der Waals surface area contributed by atoms with Crippen LogP contribution in [0, 0.1) is 0 Å². The maximum Gasteiger partial charge on any atom is 0.311 e. The first-order valence-electron chi connectivity index (χ1n) is 13.7. The lowest BCUT2D eigenvalue weighted by atomic mass is 10.2. The molecule has 11 nitrogen and oxygen atoms in total. The van der Waals surface area contributed by atoms with Crippen LogP contribution in [0.3, 0.4) is 0 Å². The molecule has 1 aromatic heterocycles. The van der Waals surface area contributed by atoms with Gasteiger partial charge in [0.25, 0.3) is 11.1 Å². The Morgan fingerprint density at radius 3 is 1.86 bits per heavy atom. The van der Waals surface area contributed by atoms with Crippen LogP contribution in [0.25, 0.3) is 10.8 Å². The Hall–Kier alpha value is -3.25. The molecule has 0 atom stereocenters. The molecule has 0 radical (unpaired) electrons. The third kappa shape index (κ3) is 8.19. The predicted octanol–water partition coefficient (Wildman–Crippen LogP) is -6.71. The van der Waals surface area contributed by atoms with Crippen LogP contribution in [0.1, 0.15) is 19.3 Å². The molecule has 1 aliphatic heterocycles. The minimum Gasteiger partial charge on any atom is -1.00 e. The van der Waals surface area contributed by atoms with E-state index in [0.29, 0.717) is 46.7 Å². The molecule has 1 fully saturated rings. The summed E-state index contributed by atoms with van der Waals surface area (Å²) in [7, 11) is 6.21. The van der Waals surface area contributed by atoms with Gasteiger partial charge in [0.2, 0.25) is 5.75 Å². The monoisotopic (exact) mass is 626 g/mol. The number of carbonyl (C=O) groups excluding carboxylic acids is 1. The second kappa shape index (κ2) is 16.4. The Balaban J connectivity index is 0.00000308. The first-order chi connectivity index (χ1) is 19.4. The number of nitrogens with zero attached hydrogens (tertiary/aromatic N) is 2. The molecule has 0 saturated carbocycles. The van der Waals surface area contributed by atoms with Gasteiger partial charge in [-0.2, -0.15) is 0 Å². The molecule has 0 aliphatic carbocycles. The number of piperazine rings is 1. The van der Waals surface area contributed by atoms with Crippen molar-refractivity contribution in [2.75, 3.05) is 60.6 Å². The molecule has 1 aliphatic rings. The Labute approximate surface area is 257 Å². The van der Waals surface area contributed by atoms with Crippen LogP contribution in [0.4, 0.5) is 0 Å². The van der Waals surface area contributed by atoms with Gasteiger partial charge < -0.3 is 53.6 Å². The predicted molar refractivity (Wildman–Crippen MR) is 150 cm³/mol. The summed E-state index contributed by atoms with van der Waals surface area (Å²) in [5, 5.41) is 0.938. The van der Waals surface area contributed by atoms with E-state index in [1.165, 1.54) is 35.8 Å². The molecule has 1 saturated heterocycles. The number of methoxy groups -OCH3 is 3. The lowest BCUT2D eigenvalue weighted by Gasteiger charge is -2.29. The molecule has 42 heavy (non-hydrogen) atoms. The quantitative estimate of drug-likeness (QED) is 0.152. The second-order valence-electron chi connectivity index (χ2n) is 10.1.